The van der Waals surface area contributed by atoms with Crippen LogP contribution in [0, 0.1) is 6.92 Å². The molecule has 0 saturated carbocycles. The zero-order chi connectivity index (χ0) is 8.27. The minimum atomic E-state index is 1.26. The number of hydrogen-bond acceptors (Lipinski definition) is 1. The third kappa shape index (κ3) is 1.81. The van der Waals surface area contributed by atoms with Crippen molar-refractivity contribution in [3.05, 3.63) is 34.0 Å². The van der Waals surface area contributed by atoms with E-state index in [1.165, 1.54) is 15.3 Å². The van der Waals surface area contributed by atoms with Gasteiger partial charge in [0.05, 0.1) is 0 Å². The lowest BCUT2D eigenvalue weighted by Crippen LogP contribution is -1.66. The Hall–Kier alpha value is -0.820. The fourth-order valence-electron chi connectivity index (χ4n) is 1.02. The van der Waals surface area contributed by atoms with Crippen LogP contribution in [0.15, 0.2) is 18.7 Å². The van der Waals surface area contributed by atoms with Gasteiger partial charge in [-0.25, -0.2) is 0 Å². The smallest absolute Gasteiger partial charge is 0.0339 e. The average Bonchev–Trinajstić information content (AvgIpc) is 2.32. The first kappa shape index (κ1) is 8.28. The van der Waals surface area contributed by atoms with Crippen LogP contribution in [0.1, 0.15) is 22.2 Å². The second kappa shape index (κ2) is 3.54. The highest BCUT2D eigenvalue weighted by atomic mass is 32.1. The largest absolute Gasteiger partial charge is 0.141 e. The Labute approximate surface area is 71.9 Å². The van der Waals surface area contributed by atoms with Gasteiger partial charge in [0.25, 0.3) is 0 Å². The summed E-state index contributed by atoms with van der Waals surface area (Å²) in [7, 11) is 0. The quantitative estimate of drug-likeness (QED) is 0.624. The summed E-state index contributed by atoms with van der Waals surface area (Å²) >= 11 is 1.78. The molecule has 1 aromatic heterocycles. The molecule has 1 heteroatoms. The molecule has 0 fully saturated rings. The molecule has 0 unspecified atom stereocenters. The highest BCUT2D eigenvalue weighted by Gasteiger charge is 1.98. The van der Waals surface area contributed by atoms with Crippen molar-refractivity contribution in [3.63, 3.8) is 0 Å². The number of thiophene rings is 1. The van der Waals surface area contributed by atoms with Gasteiger partial charge in [0.15, 0.2) is 0 Å². The van der Waals surface area contributed by atoms with Gasteiger partial charge in [0, 0.05) is 9.75 Å². The molecule has 0 aliphatic rings. The average molecular weight is 164 g/mol. The maximum Gasteiger partial charge on any atom is 0.0339 e. The summed E-state index contributed by atoms with van der Waals surface area (Å²) in [6, 6.07) is 2.18. The lowest BCUT2D eigenvalue weighted by atomic mass is 10.2. The van der Waals surface area contributed by atoms with E-state index in [4.69, 9.17) is 0 Å². The molecular weight excluding hydrogens is 152 g/mol. The molecule has 1 aromatic rings. The standard InChI is InChI=1S/C10H12S/c1-4-6-9-7-8(3)11-10(9)5-2/h4-7H,2H2,1,3H3. The van der Waals surface area contributed by atoms with Crippen LogP contribution in [-0.4, -0.2) is 0 Å². The van der Waals surface area contributed by atoms with Gasteiger partial charge in [-0.3, -0.25) is 0 Å². The Morgan fingerprint density at radius 1 is 1.55 bits per heavy atom. The SMILES string of the molecule is C=Cc1sc(C)cc1C=CC. The van der Waals surface area contributed by atoms with Crippen LogP contribution in [0.5, 0.6) is 0 Å². The van der Waals surface area contributed by atoms with Gasteiger partial charge in [-0.2, -0.15) is 0 Å². The van der Waals surface area contributed by atoms with E-state index >= 15 is 0 Å². The van der Waals surface area contributed by atoms with E-state index in [-0.39, 0.29) is 0 Å². The van der Waals surface area contributed by atoms with Crippen molar-refractivity contribution in [3.8, 4) is 0 Å². The van der Waals surface area contributed by atoms with Crippen molar-refractivity contribution in [1.29, 1.82) is 0 Å². The minimum Gasteiger partial charge on any atom is -0.141 e. The van der Waals surface area contributed by atoms with Crippen LogP contribution >= 0.6 is 11.3 Å². The maximum atomic E-state index is 3.76. The Balaban J connectivity index is 3.11. The van der Waals surface area contributed by atoms with Crippen LogP contribution in [0.3, 0.4) is 0 Å². The summed E-state index contributed by atoms with van der Waals surface area (Å²) in [5, 5.41) is 0. The van der Waals surface area contributed by atoms with Crippen LogP contribution in [-0.2, 0) is 0 Å². The van der Waals surface area contributed by atoms with Crippen molar-refractivity contribution >= 4 is 23.5 Å². The molecule has 0 aromatic carbocycles. The Kier molecular flexibility index (Phi) is 2.66. The van der Waals surface area contributed by atoms with Crippen molar-refractivity contribution in [2.45, 2.75) is 13.8 Å². The molecule has 0 nitrogen and oxygen atoms in total. The second-order valence-electron chi connectivity index (χ2n) is 2.38. The van der Waals surface area contributed by atoms with Gasteiger partial charge in [-0.05, 0) is 25.5 Å². The highest BCUT2D eigenvalue weighted by Crippen LogP contribution is 2.23. The van der Waals surface area contributed by atoms with E-state index in [1.807, 2.05) is 13.0 Å². The molecule has 1 heterocycles. The van der Waals surface area contributed by atoms with Crippen LogP contribution < -0.4 is 0 Å². The number of aryl methyl sites for hydroxylation is 1. The fourth-order valence-corrected chi connectivity index (χ4v) is 1.88. The predicted octanol–water partition coefficient (Wildman–Crippen LogP) is 3.73. The lowest BCUT2D eigenvalue weighted by Gasteiger charge is -1.86. The van der Waals surface area contributed by atoms with Crippen molar-refractivity contribution < 1.29 is 0 Å². The van der Waals surface area contributed by atoms with Gasteiger partial charge in [-0.15, -0.1) is 11.3 Å². The molecule has 0 N–H and O–H groups in total. The van der Waals surface area contributed by atoms with Crippen LogP contribution in [0.4, 0.5) is 0 Å². The van der Waals surface area contributed by atoms with Gasteiger partial charge >= 0.3 is 0 Å². The molecular formula is C10H12S. The van der Waals surface area contributed by atoms with E-state index in [2.05, 4.69) is 31.7 Å². The van der Waals surface area contributed by atoms with Crippen molar-refractivity contribution in [1.82, 2.24) is 0 Å². The third-order valence-electron chi connectivity index (χ3n) is 1.45. The van der Waals surface area contributed by atoms with Crippen LogP contribution in [0.25, 0.3) is 12.2 Å². The van der Waals surface area contributed by atoms with Crippen molar-refractivity contribution in [2.24, 2.45) is 0 Å². The summed E-state index contributed by atoms with van der Waals surface area (Å²) in [6.45, 7) is 7.91. The van der Waals surface area contributed by atoms with E-state index in [0.29, 0.717) is 0 Å². The fraction of sp³-hybridized carbons (Fsp3) is 0.200. The molecule has 1 rings (SSSR count). The molecule has 0 saturated heterocycles. The van der Waals surface area contributed by atoms with Crippen LogP contribution in [0.2, 0.25) is 0 Å². The Morgan fingerprint density at radius 2 is 2.27 bits per heavy atom. The zero-order valence-corrected chi connectivity index (χ0v) is 7.74. The molecule has 11 heavy (non-hydrogen) atoms. The van der Waals surface area contributed by atoms with E-state index in [1.54, 1.807) is 11.3 Å². The first-order valence-electron chi connectivity index (χ1n) is 3.63. The first-order chi connectivity index (χ1) is 5.27. The molecule has 0 bridgehead atoms. The topological polar surface area (TPSA) is 0 Å². The van der Waals surface area contributed by atoms with Gasteiger partial charge in [-0.1, -0.05) is 24.8 Å². The predicted molar refractivity (Wildman–Crippen MR) is 53.9 cm³/mol. The maximum absolute atomic E-state index is 3.76. The van der Waals surface area contributed by atoms with E-state index in [0.717, 1.165) is 0 Å². The Morgan fingerprint density at radius 3 is 2.82 bits per heavy atom. The summed E-state index contributed by atoms with van der Waals surface area (Å²) in [5.41, 5.74) is 1.28. The lowest BCUT2D eigenvalue weighted by molar-refractivity contribution is 1.62. The third-order valence-corrected chi connectivity index (χ3v) is 2.51. The van der Waals surface area contributed by atoms with Crippen molar-refractivity contribution in [2.75, 3.05) is 0 Å². The molecule has 0 aliphatic heterocycles. The molecule has 0 radical (unpaired) electrons. The zero-order valence-electron chi connectivity index (χ0n) is 6.92. The highest BCUT2D eigenvalue weighted by molar-refractivity contribution is 7.13. The molecule has 0 atom stereocenters. The summed E-state index contributed by atoms with van der Waals surface area (Å²) < 4.78 is 0. The van der Waals surface area contributed by atoms with Gasteiger partial charge < -0.3 is 0 Å². The number of allylic oxidation sites excluding steroid dienone is 1. The van der Waals surface area contributed by atoms with Gasteiger partial charge in [0.1, 0.15) is 0 Å². The summed E-state index contributed by atoms with van der Waals surface area (Å²) in [6.07, 6.45) is 6.07. The number of rotatable bonds is 2. The van der Waals surface area contributed by atoms with Gasteiger partial charge in [0.2, 0.25) is 0 Å². The first-order valence-corrected chi connectivity index (χ1v) is 4.45. The normalized spacial score (nSPS) is 10.7. The van der Waals surface area contributed by atoms with E-state index in [9.17, 15) is 0 Å². The molecule has 0 spiro atoms. The number of hydrogen-bond donors (Lipinski definition) is 0. The molecule has 0 amide bonds. The molecule has 58 valence electrons. The monoisotopic (exact) mass is 164 g/mol. The summed E-state index contributed by atoms with van der Waals surface area (Å²) in [5.74, 6) is 0. The Bertz CT molecular complexity index is 279. The molecule has 0 aliphatic carbocycles. The second-order valence-corrected chi connectivity index (χ2v) is 3.67. The minimum absolute atomic E-state index is 1.26. The summed E-state index contributed by atoms with van der Waals surface area (Å²) in [4.78, 5) is 2.61. The van der Waals surface area contributed by atoms with E-state index < -0.39 is 0 Å².